The fourth-order valence-electron chi connectivity index (χ4n) is 1.96. The van der Waals surface area contributed by atoms with Gasteiger partial charge < -0.3 is 0 Å². The number of hydrogen-bond donors (Lipinski definition) is 0. The van der Waals surface area contributed by atoms with Crippen LogP contribution in [0.3, 0.4) is 0 Å². The van der Waals surface area contributed by atoms with Gasteiger partial charge in [0.25, 0.3) is 0 Å². The van der Waals surface area contributed by atoms with Crippen LogP contribution >= 0.6 is 11.8 Å². The summed E-state index contributed by atoms with van der Waals surface area (Å²) >= 11 is 1.38. The Morgan fingerprint density at radius 2 is 1.91 bits per heavy atom. The lowest BCUT2D eigenvalue weighted by Gasteiger charge is -2.15. The van der Waals surface area contributed by atoms with Crippen LogP contribution in [0.2, 0.25) is 0 Å². The molecule has 124 valence electrons. The largest absolute Gasteiger partial charge is 0.298 e. The monoisotopic (exact) mass is 332 g/mol. The number of benzene rings is 1. The predicted molar refractivity (Wildman–Crippen MR) is 93.0 cm³/mol. The number of tetrazole rings is 1. The van der Waals surface area contributed by atoms with E-state index in [0.717, 1.165) is 12.1 Å². The minimum Gasteiger partial charge on any atom is -0.298 e. The molecule has 6 heteroatoms. The fourth-order valence-corrected chi connectivity index (χ4v) is 3.01. The molecule has 1 heterocycles. The summed E-state index contributed by atoms with van der Waals surface area (Å²) in [5.41, 5.74) is 1.90. The number of aryl methyl sites for hydroxylation is 1. The molecule has 2 rings (SSSR count). The van der Waals surface area contributed by atoms with Crippen LogP contribution in [-0.4, -0.2) is 31.7 Å². The first-order valence-corrected chi connectivity index (χ1v) is 8.94. The zero-order valence-electron chi connectivity index (χ0n) is 14.2. The number of rotatable bonds is 7. The quantitative estimate of drug-likeness (QED) is 0.723. The summed E-state index contributed by atoms with van der Waals surface area (Å²) in [6.45, 7) is 7.97. The molecule has 0 amide bonds. The molecule has 23 heavy (non-hydrogen) atoms. The molecular formula is C17H24N4OS. The summed E-state index contributed by atoms with van der Waals surface area (Å²) in [7, 11) is 0. The van der Waals surface area contributed by atoms with Crippen molar-refractivity contribution in [2.24, 2.45) is 5.41 Å². The number of ketones is 1. The highest BCUT2D eigenvalue weighted by atomic mass is 32.2. The normalized spacial score (nSPS) is 11.7. The summed E-state index contributed by atoms with van der Waals surface area (Å²) in [5, 5.41) is 12.5. The third-order valence-corrected chi connectivity index (χ3v) is 4.53. The molecule has 5 nitrogen and oxygen atoms in total. The molecule has 0 aliphatic carbocycles. The maximum atomic E-state index is 12.1. The third kappa shape index (κ3) is 4.89. The van der Waals surface area contributed by atoms with E-state index < -0.39 is 0 Å². The van der Waals surface area contributed by atoms with Crippen molar-refractivity contribution < 1.29 is 4.79 Å². The zero-order chi connectivity index (χ0) is 16.9. The SMILES string of the molecule is CCCCc1ccc(-n2nnnc2SCC(=O)C(C)(C)C)cc1. The van der Waals surface area contributed by atoms with Crippen LogP contribution in [0.4, 0.5) is 0 Å². The minimum absolute atomic E-state index is 0.187. The van der Waals surface area contributed by atoms with Crippen molar-refractivity contribution >= 4 is 17.5 Å². The van der Waals surface area contributed by atoms with Crippen LogP contribution in [0.1, 0.15) is 46.1 Å². The summed E-state index contributed by atoms with van der Waals surface area (Å²) < 4.78 is 1.68. The Bertz CT molecular complexity index is 643. The molecule has 0 fully saturated rings. The van der Waals surface area contributed by atoms with Crippen molar-refractivity contribution in [3.05, 3.63) is 29.8 Å². The lowest BCUT2D eigenvalue weighted by atomic mass is 9.92. The molecule has 2 aromatic rings. The first-order chi connectivity index (χ1) is 10.9. The standard InChI is InChI=1S/C17H24N4OS/c1-5-6-7-13-8-10-14(11-9-13)21-16(18-19-20-21)23-12-15(22)17(2,3)4/h8-11H,5-7,12H2,1-4H3. The molecule has 0 N–H and O–H groups in total. The van der Waals surface area contributed by atoms with E-state index in [1.165, 1.54) is 30.2 Å². The van der Waals surface area contributed by atoms with Gasteiger partial charge in [0.05, 0.1) is 11.4 Å². The van der Waals surface area contributed by atoms with Gasteiger partial charge in [-0.15, -0.1) is 5.10 Å². The number of carbonyl (C=O) groups excluding carboxylic acids is 1. The van der Waals surface area contributed by atoms with Crippen LogP contribution in [0.5, 0.6) is 0 Å². The summed E-state index contributed by atoms with van der Waals surface area (Å²) in [4.78, 5) is 12.1. The molecule has 0 saturated carbocycles. The van der Waals surface area contributed by atoms with Crippen molar-refractivity contribution in [2.75, 3.05) is 5.75 Å². The minimum atomic E-state index is -0.341. The molecule has 1 aromatic heterocycles. The van der Waals surface area contributed by atoms with Gasteiger partial charge in [0.15, 0.2) is 0 Å². The maximum absolute atomic E-state index is 12.1. The highest BCUT2D eigenvalue weighted by Crippen LogP contribution is 2.23. The third-order valence-electron chi connectivity index (χ3n) is 3.61. The van der Waals surface area contributed by atoms with Crippen molar-refractivity contribution in [1.82, 2.24) is 20.2 Å². The summed E-state index contributed by atoms with van der Waals surface area (Å²) in [6.07, 6.45) is 3.48. The van der Waals surface area contributed by atoms with Gasteiger partial charge in [-0.2, -0.15) is 4.68 Å². The second-order valence-electron chi connectivity index (χ2n) is 6.61. The highest BCUT2D eigenvalue weighted by Gasteiger charge is 2.22. The van der Waals surface area contributed by atoms with Crippen LogP contribution in [0, 0.1) is 5.41 Å². The fraction of sp³-hybridized carbons (Fsp3) is 0.529. The molecule has 1 aromatic carbocycles. The van der Waals surface area contributed by atoms with Crippen LogP contribution in [0.15, 0.2) is 29.4 Å². The molecule has 0 aliphatic heterocycles. The van der Waals surface area contributed by atoms with Crippen molar-refractivity contribution in [3.8, 4) is 5.69 Å². The van der Waals surface area contributed by atoms with E-state index in [2.05, 4.69) is 34.6 Å². The number of nitrogens with zero attached hydrogens (tertiary/aromatic N) is 4. The van der Waals surface area contributed by atoms with E-state index in [0.29, 0.717) is 10.9 Å². The van der Waals surface area contributed by atoms with E-state index in [1.54, 1.807) is 4.68 Å². The Kier molecular flexibility index (Phi) is 5.93. The Balaban J connectivity index is 2.07. The maximum Gasteiger partial charge on any atom is 0.214 e. The number of unbranched alkanes of at least 4 members (excludes halogenated alkanes) is 1. The second kappa shape index (κ2) is 7.73. The van der Waals surface area contributed by atoms with Gasteiger partial charge in [-0.25, -0.2) is 0 Å². The highest BCUT2D eigenvalue weighted by molar-refractivity contribution is 7.99. The van der Waals surface area contributed by atoms with Gasteiger partial charge in [0, 0.05) is 5.41 Å². The number of aromatic nitrogens is 4. The molecule has 0 saturated heterocycles. The number of thioether (sulfide) groups is 1. The average molecular weight is 332 g/mol. The van der Waals surface area contributed by atoms with E-state index in [-0.39, 0.29) is 11.2 Å². The van der Waals surface area contributed by atoms with Gasteiger partial charge in [0.1, 0.15) is 5.78 Å². The van der Waals surface area contributed by atoms with Crippen LogP contribution < -0.4 is 0 Å². The molecule has 0 radical (unpaired) electrons. The topological polar surface area (TPSA) is 60.7 Å². The Labute approximate surface area is 141 Å². The van der Waals surface area contributed by atoms with Crippen molar-refractivity contribution in [3.63, 3.8) is 0 Å². The molecule has 0 bridgehead atoms. The summed E-state index contributed by atoms with van der Waals surface area (Å²) in [5.74, 6) is 0.560. The van der Waals surface area contributed by atoms with Gasteiger partial charge in [0.2, 0.25) is 5.16 Å². The second-order valence-corrected chi connectivity index (χ2v) is 7.55. The molecule has 0 unspecified atom stereocenters. The molecular weight excluding hydrogens is 308 g/mol. The smallest absolute Gasteiger partial charge is 0.214 e. The predicted octanol–water partition coefficient (Wildman–Crippen LogP) is 3.71. The first kappa shape index (κ1) is 17.7. The van der Waals surface area contributed by atoms with Crippen LogP contribution in [-0.2, 0) is 11.2 Å². The van der Waals surface area contributed by atoms with E-state index >= 15 is 0 Å². The van der Waals surface area contributed by atoms with E-state index in [9.17, 15) is 4.79 Å². The lowest BCUT2D eigenvalue weighted by Crippen LogP contribution is -2.22. The van der Waals surface area contributed by atoms with Gasteiger partial charge in [-0.1, -0.05) is 58.0 Å². The Morgan fingerprint density at radius 3 is 2.52 bits per heavy atom. The number of carbonyl (C=O) groups is 1. The van der Waals surface area contributed by atoms with Gasteiger partial charge >= 0.3 is 0 Å². The Morgan fingerprint density at radius 1 is 1.22 bits per heavy atom. The van der Waals surface area contributed by atoms with Crippen molar-refractivity contribution in [1.29, 1.82) is 0 Å². The van der Waals surface area contributed by atoms with Crippen molar-refractivity contribution in [2.45, 2.75) is 52.1 Å². The first-order valence-electron chi connectivity index (χ1n) is 7.95. The summed E-state index contributed by atoms with van der Waals surface area (Å²) in [6, 6.07) is 8.27. The average Bonchev–Trinajstić information content (AvgIpc) is 2.98. The number of Topliss-reactive ketones (excluding diaryl/α,β-unsaturated/α-hetero) is 1. The van der Waals surface area contributed by atoms with Gasteiger partial charge in [-0.05, 0) is 41.0 Å². The number of hydrogen-bond acceptors (Lipinski definition) is 5. The van der Waals surface area contributed by atoms with Crippen LogP contribution in [0.25, 0.3) is 5.69 Å². The molecule has 0 atom stereocenters. The zero-order valence-corrected chi connectivity index (χ0v) is 15.1. The van der Waals surface area contributed by atoms with Gasteiger partial charge in [-0.3, -0.25) is 4.79 Å². The van der Waals surface area contributed by atoms with E-state index in [1.807, 2.05) is 32.9 Å². The van der Waals surface area contributed by atoms with E-state index in [4.69, 9.17) is 0 Å². The Hall–Kier alpha value is -1.69. The lowest BCUT2D eigenvalue weighted by molar-refractivity contribution is -0.123. The molecule has 0 spiro atoms. The molecule has 0 aliphatic rings.